The van der Waals surface area contributed by atoms with Crippen molar-refractivity contribution in [3.8, 4) is 0 Å². The number of hydrogen-bond donors (Lipinski definition) is 1. The molecule has 0 aliphatic carbocycles. The van der Waals surface area contributed by atoms with Gasteiger partial charge in [0.05, 0.1) is 27.2 Å². The Morgan fingerprint density at radius 3 is 2.50 bits per heavy atom. The van der Waals surface area contributed by atoms with Crippen LogP contribution in [-0.4, -0.2) is 44.7 Å². The van der Waals surface area contributed by atoms with E-state index < -0.39 is 36.6 Å². The molecule has 1 aliphatic rings. The van der Waals surface area contributed by atoms with E-state index in [1.807, 2.05) is 0 Å². The van der Waals surface area contributed by atoms with Crippen LogP contribution in [0.2, 0.25) is 0 Å². The summed E-state index contributed by atoms with van der Waals surface area (Å²) in [6, 6.07) is 3.66. The average Bonchev–Trinajstić information content (AvgIpc) is 2.70. The highest BCUT2D eigenvalue weighted by molar-refractivity contribution is 9.10. The van der Waals surface area contributed by atoms with Gasteiger partial charge in [-0.3, -0.25) is 0 Å². The molecule has 0 aromatic heterocycles. The molecular weight excluding hydrogens is 372 g/mol. The van der Waals surface area contributed by atoms with Crippen LogP contribution in [0.3, 0.4) is 0 Å². The average molecular weight is 383 g/mol. The van der Waals surface area contributed by atoms with Crippen LogP contribution >= 0.6 is 15.9 Å². The van der Waals surface area contributed by atoms with Gasteiger partial charge in [-0.25, -0.2) is 21.6 Å². The lowest BCUT2D eigenvalue weighted by atomic mass is 10.2. The number of carboxylic acids is 1. The summed E-state index contributed by atoms with van der Waals surface area (Å²) in [6.45, 7) is 0. The van der Waals surface area contributed by atoms with Gasteiger partial charge in [0, 0.05) is 4.47 Å². The molecule has 0 bridgehead atoms. The highest BCUT2D eigenvalue weighted by Gasteiger charge is 2.38. The minimum atomic E-state index is -3.85. The monoisotopic (exact) mass is 382 g/mol. The van der Waals surface area contributed by atoms with Crippen LogP contribution < -0.4 is 0 Å². The molecule has 1 atom stereocenters. The van der Waals surface area contributed by atoms with Crippen molar-refractivity contribution in [3.05, 3.63) is 28.2 Å². The molecule has 0 amide bonds. The fraction of sp³-hybridized carbons (Fsp3) is 0.364. The summed E-state index contributed by atoms with van der Waals surface area (Å²) < 4.78 is 47.7. The highest BCUT2D eigenvalue weighted by atomic mass is 79.9. The fourth-order valence-electron chi connectivity index (χ4n) is 2.04. The Kier molecular flexibility index (Phi) is 3.96. The van der Waals surface area contributed by atoms with E-state index in [1.54, 1.807) is 0 Å². The summed E-state index contributed by atoms with van der Waals surface area (Å²) in [5.74, 6) is -1.82. The van der Waals surface area contributed by atoms with Gasteiger partial charge in [-0.05, 0) is 40.5 Å². The molecule has 1 unspecified atom stereocenters. The molecule has 0 spiro atoms. The second-order valence-electron chi connectivity index (χ2n) is 4.52. The van der Waals surface area contributed by atoms with Gasteiger partial charge in [-0.2, -0.15) is 0 Å². The molecule has 1 heterocycles. The molecule has 1 saturated heterocycles. The standard InChI is InChI=1S/C11H11BrO6S2/c12-10-2-1-7(5-9(10)11(13)14)20(17,18)8-3-4-19(15,16)6-8/h1-2,5,8H,3-4,6H2,(H,13,14). The van der Waals surface area contributed by atoms with Crippen molar-refractivity contribution in [3.63, 3.8) is 0 Å². The first kappa shape index (κ1) is 15.5. The Hall–Kier alpha value is -0.930. The van der Waals surface area contributed by atoms with E-state index in [4.69, 9.17) is 5.11 Å². The number of hydrogen-bond acceptors (Lipinski definition) is 5. The highest BCUT2D eigenvalue weighted by Crippen LogP contribution is 2.28. The first-order valence-electron chi connectivity index (χ1n) is 5.61. The normalized spacial score (nSPS) is 21.8. The summed E-state index contributed by atoms with van der Waals surface area (Å²) >= 11 is 3.03. The van der Waals surface area contributed by atoms with Crippen LogP contribution in [0.1, 0.15) is 16.8 Å². The van der Waals surface area contributed by atoms with Gasteiger partial charge >= 0.3 is 5.97 Å². The second kappa shape index (κ2) is 5.12. The third kappa shape index (κ3) is 2.89. The zero-order valence-electron chi connectivity index (χ0n) is 10.1. The SMILES string of the molecule is O=C(O)c1cc(S(=O)(=O)C2CCS(=O)(=O)C2)ccc1Br. The van der Waals surface area contributed by atoms with Crippen molar-refractivity contribution in [1.82, 2.24) is 0 Å². The maximum absolute atomic E-state index is 12.3. The van der Waals surface area contributed by atoms with Crippen molar-refractivity contribution in [2.75, 3.05) is 11.5 Å². The van der Waals surface area contributed by atoms with E-state index in [0.717, 1.165) is 6.07 Å². The zero-order chi connectivity index (χ0) is 15.1. The Balaban J connectivity index is 2.46. The molecule has 0 radical (unpaired) electrons. The van der Waals surface area contributed by atoms with Gasteiger partial charge in [-0.1, -0.05) is 0 Å². The van der Waals surface area contributed by atoms with Gasteiger partial charge < -0.3 is 5.11 Å². The van der Waals surface area contributed by atoms with Crippen molar-refractivity contribution >= 4 is 41.6 Å². The van der Waals surface area contributed by atoms with Crippen molar-refractivity contribution in [2.24, 2.45) is 0 Å². The molecule has 6 nitrogen and oxygen atoms in total. The van der Waals surface area contributed by atoms with E-state index >= 15 is 0 Å². The number of aromatic carboxylic acids is 1. The minimum absolute atomic E-state index is 0.0448. The van der Waals surface area contributed by atoms with Crippen molar-refractivity contribution < 1.29 is 26.7 Å². The van der Waals surface area contributed by atoms with Crippen LogP contribution in [0, 0.1) is 0 Å². The van der Waals surface area contributed by atoms with Gasteiger partial charge in [-0.15, -0.1) is 0 Å². The molecule has 9 heteroatoms. The Bertz CT molecular complexity index is 766. The topological polar surface area (TPSA) is 106 Å². The Morgan fingerprint density at radius 1 is 1.35 bits per heavy atom. The van der Waals surface area contributed by atoms with E-state index in [0.29, 0.717) is 0 Å². The van der Waals surface area contributed by atoms with Crippen LogP contribution in [0.5, 0.6) is 0 Å². The Labute approximate surface area is 124 Å². The largest absolute Gasteiger partial charge is 0.478 e. The van der Waals surface area contributed by atoms with Crippen LogP contribution in [0.15, 0.2) is 27.6 Å². The zero-order valence-corrected chi connectivity index (χ0v) is 13.3. The maximum atomic E-state index is 12.3. The molecule has 1 aromatic carbocycles. The fourth-order valence-corrected chi connectivity index (χ4v) is 6.84. The van der Waals surface area contributed by atoms with Crippen molar-refractivity contribution in [2.45, 2.75) is 16.6 Å². The summed E-state index contributed by atoms with van der Waals surface area (Å²) in [4.78, 5) is 10.8. The number of carboxylic acid groups (broad SMARTS) is 1. The second-order valence-corrected chi connectivity index (χ2v) is 9.83. The smallest absolute Gasteiger partial charge is 0.336 e. The van der Waals surface area contributed by atoms with Gasteiger partial charge in [0.15, 0.2) is 19.7 Å². The molecule has 0 saturated carbocycles. The van der Waals surface area contributed by atoms with E-state index in [-0.39, 0.29) is 27.1 Å². The van der Waals surface area contributed by atoms with Gasteiger partial charge in [0.25, 0.3) is 0 Å². The number of sulfone groups is 2. The molecule has 110 valence electrons. The number of halogens is 1. The quantitative estimate of drug-likeness (QED) is 0.838. The first-order valence-corrected chi connectivity index (χ1v) is 9.77. The number of benzene rings is 1. The lowest BCUT2D eigenvalue weighted by molar-refractivity contribution is 0.0695. The molecule has 1 N–H and O–H groups in total. The third-order valence-electron chi connectivity index (χ3n) is 3.13. The van der Waals surface area contributed by atoms with Gasteiger partial charge in [0.1, 0.15) is 0 Å². The summed E-state index contributed by atoms with van der Waals surface area (Å²) in [7, 11) is -7.17. The first-order chi connectivity index (χ1) is 9.13. The van der Waals surface area contributed by atoms with Crippen LogP contribution in [-0.2, 0) is 19.7 Å². The predicted octanol–water partition coefficient (Wildman–Crippen LogP) is 1.11. The lowest BCUT2D eigenvalue weighted by Crippen LogP contribution is -2.23. The minimum Gasteiger partial charge on any atom is -0.478 e. The van der Waals surface area contributed by atoms with Crippen LogP contribution in [0.4, 0.5) is 0 Å². The number of rotatable bonds is 3. The molecule has 1 fully saturated rings. The molecule has 1 aromatic rings. The lowest BCUT2D eigenvalue weighted by Gasteiger charge is -2.11. The molecule has 20 heavy (non-hydrogen) atoms. The van der Waals surface area contributed by atoms with Crippen LogP contribution in [0.25, 0.3) is 0 Å². The molecular formula is C11H11BrO6S2. The Morgan fingerprint density at radius 2 is 2.00 bits per heavy atom. The molecule has 2 rings (SSSR count). The summed E-state index contributed by atoms with van der Waals surface area (Å²) in [6.07, 6.45) is 0.0448. The van der Waals surface area contributed by atoms with E-state index in [1.165, 1.54) is 12.1 Å². The summed E-state index contributed by atoms with van der Waals surface area (Å²) in [5.41, 5.74) is -0.174. The number of carbonyl (C=O) groups is 1. The van der Waals surface area contributed by atoms with Gasteiger partial charge in [0.2, 0.25) is 0 Å². The molecule has 1 aliphatic heterocycles. The van der Waals surface area contributed by atoms with Crippen molar-refractivity contribution in [1.29, 1.82) is 0 Å². The van der Waals surface area contributed by atoms with E-state index in [2.05, 4.69) is 15.9 Å². The predicted molar refractivity (Wildman–Crippen MR) is 75.3 cm³/mol. The summed E-state index contributed by atoms with van der Waals surface area (Å²) in [5, 5.41) is 7.98. The maximum Gasteiger partial charge on any atom is 0.336 e. The van der Waals surface area contributed by atoms with E-state index in [9.17, 15) is 21.6 Å². The third-order valence-corrected chi connectivity index (χ3v) is 7.99.